The Morgan fingerprint density at radius 3 is 2.12 bits per heavy atom. The Labute approximate surface area is 135 Å². The van der Waals surface area contributed by atoms with Crippen LogP contribution in [-0.2, 0) is 9.59 Å². The van der Waals surface area contributed by atoms with E-state index in [0.717, 1.165) is 12.1 Å². The topological polar surface area (TPSA) is 70.2 Å². The van der Waals surface area contributed by atoms with Crippen LogP contribution in [0, 0.1) is 17.5 Å². The number of amides is 2. The predicted molar refractivity (Wildman–Crippen MR) is 84.2 cm³/mol. The van der Waals surface area contributed by atoms with Crippen LogP contribution in [0.25, 0.3) is 0 Å². The molecule has 0 atom stereocenters. The summed E-state index contributed by atoms with van der Waals surface area (Å²) in [7, 11) is 0. The lowest BCUT2D eigenvalue weighted by Gasteiger charge is -2.10. The zero-order chi connectivity index (χ0) is 17.7. The average molecular weight is 337 g/mol. The Kier molecular flexibility index (Phi) is 5.41. The van der Waals surface area contributed by atoms with Gasteiger partial charge in [0.1, 0.15) is 0 Å². The highest BCUT2D eigenvalue weighted by Crippen LogP contribution is 2.19. The molecule has 0 heterocycles. The van der Waals surface area contributed by atoms with Crippen LogP contribution in [-0.4, -0.2) is 18.4 Å². The number of anilines is 3. The van der Waals surface area contributed by atoms with Crippen molar-refractivity contribution < 1.29 is 22.8 Å². The van der Waals surface area contributed by atoms with Gasteiger partial charge in [-0.15, -0.1) is 0 Å². The Morgan fingerprint density at radius 2 is 1.50 bits per heavy atom. The fraction of sp³-hybridized carbons (Fsp3) is 0.125. The molecule has 0 unspecified atom stereocenters. The van der Waals surface area contributed by atoms with Gasteiger partial charge in [0.25, 0.3) is 0 Å². The molecule has 0 aliphatic carbocycles. The van der Waals surface area contributed by atoms with Gasteiger partial charge in [-0.1, -0.05) is 0 Å². The maximum Gasteiger partial charge on any atom is 0.243 e. The number of carbonyl (C=O) groups is 2. The molecule has 0 aromatic heterocycles. The molecule has 0 saturated carbocycles. The van der Waals surface area contributed by atoms with Crippen molar-refractivity contribution in [2.24, 2.45) is 0 Å². The van der Waals surface area contributed by atoms with Gasteiger partial charge < -0.3 is 16.0 Å². The third-order valence-corrected chi connectivity index (χ3v) is 2.97. The van der Waals surface area contributed by atoms with Crippen LogP contribution in [0.4, 0.5) is 30.2 Å². The summed E-state index contributed by atoms with van der Waals surface area (Å²) in [6.07, 6.45) is 0. The molecule has 0 saturated heterocycles. The van der Waals surface area contributed by atoms with Crippen LogP contribution in [0.2, 0.25) is 0 Å². The highest BCUT2D eigenvalue weighted by atomic mass is 19.2. The van der Waals surface area contributed by atoms with E-state index in [2.05, 4.69) is 16.0 Å². The molecule has 0 aliphatic rings. The third-order valence-electron chi connectivity index (χ3n) is 2.97. The number of benzene rings is 2. The lowest BCUT2D eigenvalue weighted by atomic mass is 10.2. The van der Waals surface area contributed by atoms with E-state index in [1.165, 1.54) is 6.92 Å². The standard InChI is InChI=1S/C16H14F3N3O2/c1-9(23)21-11-4-2-10(3-5-11)20-8-14(24)22-13-7-6-12(17)15(18)16(13)19/h2-7,20H,8H2,1H3,(H,21,23)(H,22,24). The summed E-state index contributed by atoms with van der Waals surface area (Å²) >= 11 is 0. The van der Waals surface area contributed by atoms with Gasteiger partial charge in [0, 0.05) is 18.3 Å². The highest BCUT2D eigenvalue weighted by molar-refractivity contribution is 5.94. The molecular formula is C16H14F3N3O2. The smallest absolute Gasteiger partial charge is 0.243 e. The number of halogens is 3. The second kappa shape index (κ2) is 7.49. The molecule has 2 aromatic rings. The second-order valence-corrected chi connectivity index (χ2v) is 4.88. The minimum atomic E-state index is -1.64. The van der Waals surface area contributed by atoms with Crippen molar-refractivity contribution >= 4 is 28.9 Å². The van der Waals surface area contributed by atoms with Crippen molar-refractivity contribution in [1.82, 2.24) is 0 Å². The van der Waals surface area contributed by atoms with Gasteiger partial charge in [0.2, 0.25) is 11.8 Å². The molecule has 2 rings (SSSR count). The average Bonchev–Trinajstić information content (AvgIpc) is 2.54. The van der Waals surface area contributed by atoms with E-state index in [9.17, 15) is 22.8 Å². The zero-order valence-corrected chi connectivity index (χ0v) is 12.6. The van der Waals surface area contributed by atoms with E-state index in [1.807, 2.05) is 0 Å². The maximum atomic E-state index is 13.5. The van der Waals surface area contributed by atoms with E-state index in [-0.39, 0.29) is 12.5 Å². The summed E-state index contributed by atoms with van der Waals surface area (Å²) in [5.74, 6) is -5.27. The monoisotopic (exact) mass is 337 g/mol. The molecule has 2 aromatic carbocycles. The molecule has 0 fully saturated rings. The van der Waals surface area contributed by atoms with E-state index in [4.69, 9.17) is 0 Å². The van der Waals surface area contributed by atoms with E-state index in [0.29, 0.717) is 11.4 Å². The van der Waals surface area contributed by atoms with Gasteiger partial charge >= 0.3 is 0 Å². The molecule has 0 radical (unpaired) electrons. The molecule has 8 heteroatoms. The Bertz CT molecular complexity index is 764. The Hall–Kier alpha value is -3.03. The lowest BCUT2D eigenvalue weighted by molar-refractivity contribution is -0.115. The summed E-state index contributed by atoms with van der Waals surface area (Å²) in [4.78, 5) is 22.6. The summed E-state index contributed by atoms with van der Waals surface area (Å²) in [5, 5.41) is 7.51. The normalized spacial score (nSPS) is 10.2. The van der Waals surface area contributed by atoms with Gasteiger partial charge in [-0.05, 0) is 36.4 Å². The van der Waals surface area contributed by atoms with Gasteiger partial charge in [-0.3, -0.25) is 9.59 Å². The van der Waals surface area contributed by atoms with Gasteiger partial charge in [-0.25, -0.2) is 13.2 Å². The van der Waals surface area contributed by atoms with Gasteiger partial charge in [-0.2, -0.15) is 0 Å². The van der Waals surface area contributed by atoms with E-state index >= 15 is 0 Å². The molecule has 3 N–H and O–H groups in total. The summed E-state index contributed by atoms with van der Waals surface area (Å²) < 4.78 is 39.3. The second-order valence-electron chi connectivity index (χ2n) is 4.88. The van der Waals surface area contributed by atoms with Crippen LogP contribution in [0.1, 0.15) is 6.92 Å². The first-order valence-electron chi connectivity index (χ1n) is 6.91. The fourth-order valence-electron chi connectivity index (χ4n) is 1.87. The first-order valence-corrected chi connectivity index (χ1v) is 6.91. The number of carbonyl (C=O) groups excluding carboxylic acids is 2. The molecule has 5 nitrogen and oxygen atoms in total. The van der Waals surface area contributed by atoms with Crippen molar-refractivity contribution in [1.29, 1.82) is 0 Å². The molecule has 0 spiro atoms. The number of rotatable bonds is 5. The molecule has 0 aliphatic heterocycles. The van der Waals surface area contributed by atoms with Crippen LogP contribution in [0.3, 0.4) is 0 Å². The van der Waals surface area contributed by atoms with Crippen LogP contribution in [0.5, 0.6) is 0 Å². The van der Waals surface area contributed by atoms with Crippen LogP contribution >= 0.6 is 0 Å². The zero-order valence-electron chi connectivity index (χ0n) is 12.6. The minimum absolute atomic E-state index is 0.205. The van der Waals surface area contributed by atoms with Crippen molar-refractivity contribution in [3.05, 3.63) is 53.8 Å². The Morgan fingerprint density at radius 1 is 0.875 bits per heavy atom. The van der Waals surface area contributed by atoms with Crippen LogP contribution < -0.4 is 16.0 Å². The quantitative estimate of drug-likeness (QED) is 0.734. The van der Waals surface area contributed by atoms with Crippen molar-refractivity contribution in [2.45, 2.75) is 6.92 Å². The molecule has 126 valence electrons. The summed E-state index contributed by atoms with van der Waals surface area (Å²) in [6.45, 7) is 1.17. The lowest BCUT2D eigenvalue weighted by Crippen LogP contribution is -2.22. The number of hydrogen-bond donors (Lipinski definition) is 3. The van der Waals surface area contributed by atoms with Gasteiger partial charge in [0.15, 0.2) is 17.5 Å². The van der Waals surface area contributed by atoms with Crippen molar-refractivity contribution in [2.75, 3.05) is 22.5 Å². The molecule has 24 heavy (non-hydrogen) atoms. The number of nitrogens with one attached hydrogen (secondary N) is 3. The highest BCUT2D eigenvalue weighted by Gasteiger charge is 2.15. The summed E-state index contributed by atoms with van der Waals surface area (Å²) in [5.41, 5.74) is 0.744. The molecular weight excluding hydrogens is 323 g/mol. The van der Waals surface area contributed by atoms with Crippen molar-refractivity contribution in [3.63, 3.8) is 0 Å². The van der Waals surface area contributed by atoms with E-state index < -0.39 is 29.0 Å². The maximum absolute atomic E-state index is 13.5. The number of hydrogen-bond acceptors (Lipinski definition) is 3. The predicted octanol–water partition coefficient (Wildman–Crippen LogP) is 3.11. The molecule has 0 bridgehead atoms. The Balaban J connectivity index is 1.91. The summed E-state index contributed by atoms with van der Waals surface area (Å²) in [6, 6.07) is 8.21. The van der Waals surface area contributed by atoms with Gasteiger partial charge in [0.05, 0.1) is 12.2 Å². The molecule has 2 amide bonds. The van der Waals surface area contributed by atoms with Crippen LogP contribution in [0.15, 0.2) is 36.4 Å². The first-order chi connectivity index (χ1) is 11.4. The third kappa shape index (κ3) is 4.48. The minimum Gasteiger partial charge on any atom is -0.376 e. The van der Waals surface area contributed by atoms with Crippen molar-refractivity contribution in [3.8, 4) is 0 Å². The SMILES string of the molecule is CC(=O)Nc1ccc(NCC(=O)Nc2ccc(F)c(F)c2F)cc1. The largest absolute Gasteiger partial charge is 0.376 e. The first kappa shape index (κ1) is 17.3. The fourth-order valence-corrected chi connectivity index (χ4v) is 1.87. The van der Waals surface area contributed by atoms with E-state index in [1.54, 1.807) is 24.3 Å².